The number of aromatic nitrogens is 2. The summed E-state index contributed by atoms with van der Waals surface area (Å²) in [6.07, 6.45) is 1.51. The average Bonchev–Trinajstić information content (AvgIpc) is 2.88. The molecule has 0 radical (unpaired) electrons. The molecule has 1 aromatic heterocycles. The van der Waals surface area contributed by atoms with Crippen molar-refractivity contribution in [3.8, 4) is 5.69 Å². The second-order valence-electron chi connectivity index (χ2n) is 4.65. The first-order valence-electron chi connectivity index (χ1n) is 6.41. The summed E-state index contributed by atoms with van der Waals surface area (Å²) in [5, 5.41) is 6.38. The van der Waals surface area contributed by atoms with E-state index in [1.807, 2.05) is 30.3 Å². The minimum Gasteiger partial charge on any atom is -0.346 e. The number of rotatable bonds is 5. The van der Waals surface area contributed by atoms with E-state index in [2.05, 4.69) is 10.4 Å². The lowest BCUT2D eigenvalue weighted by atomic mass is 10.2. The molecule has 0 aliphatic carbocycles. The summed E-state index contributed by atoms with van der Waals surface area (Å²) in [4.78, 5) is 11.9. The van der Waals surface area contributed by atoms with E-state index >= 15 is 0 Å². The van der Waals surface area contributed by atoms with E-state index < -0.39 is 24.9 Å². The lowest BCUT2D eigenvalue weighted by Gasteiger charge is -2.14. The second kappa shape index (κ2) is 7.33. The highest BCUT2D eigenvalue weighted by Gasteiger charge is 2.28. The highest BCUT2D eigenvalue weighted by atomic mass is 35.5. The summed E-state index contributed by atoms with van der Waals surface area (Å²) in [5.41, 5.74) is 6.43. The van der Waals surface area contributed by atoms with Crippen molar-refractivity contribution >= 4 is 18.3 Å². The Morgan fingerprint density at radius 3 is 2.59 bits per heavy atom. The fourth-order valence-electron chi connectivity index (χ4n) is 1.77. The molecule has 22 heavy (non-hydrogen) atoms. The number of nitrogens with one attached hydrogen (secondary N) is 1. The molecule has 0 aliphatic rings. The Kier molecular flexibility index (Phi) is 6.01. The van der Waals surface area contributed by atoms with Gasteiger partial charge in [0.25, 0.3) is 11.8 Å². The monoisotopic (exact) mass is 330 g/mol. The summed E-state index contributed by atoms with van der Waals surface area (Å²) >= 11 is 0. The maximum absolute atomic E-state index is 13.0. The lowest BCUT2D eigenvalue weighted by molar-refractivity contribution is 0.0118. The molecule has 8 heteroatoms. The van der Waals surface area contributed by atoms with Crippen molar-refractivity contribution in [1.29, 1.82) is 0 Å². The highest BCUT2D eigenvalue weighted by Crippen LogP contribution is 2.13. The molecule has 120 valence electrons. The van der Waals surface area contributed by atoms with Crippen molar-refractivity contribution in [1.82, 2.24) is 15.1 Å². The van der Waals surface area contributed by atoms with Crippen LogP contribution in [0.4, 0.5) is 8.78 Å². The van der Waals surface area contributed by atoms with Crippen LogP contribution in [-0.4, -0.2) is 34.7 Å². The smallest absolute Gasteiger partial charge is 0.277 e. The highest BCUT2D eigenvalue weighted by molar-refractivity contribution is 5.95. The number of hydrogen-bond donors (Lipinski definition) is 2. The fraction of sp³-hybridized carbons (Fsp3) is 0.286. The lowest BCUT2D eigenvalue weighted by Crippen LogP contribution is -2.41. The quantitative estimate of drug-likeness (QED) is 0.879. The van der Waals surface area contributed by atoms with E-state index in [1.165, 1.54) is 10.9 Å². The van der Waals surface area contributed by atoms with Gasteiger partial charge < -0.3 is 11.1 Å². The zero-order valence-electron chi connectivity index (χ0n) is 11.9. The number of alkyl halides is 2. The van der Waals surface area contributed by atoms with Crippen LogP contribution in [0, 0.1) is 6.92 Å². The Morgan fingerprint density at radius 2 is 2.00 bits per heavy atom. The van der Waals surface area contributed by atoms with Gasteiger partial charge in [0.15, 0.2) is 0 Å². The number of carbonyl (C=O) groups is 1. The van der Waals surface area contributed by atoms with Crippen LogP contribution in [0.1, 0.15) is 16.1 Å². The average molecular weight is 331 g/mol. The molecule has 3 N–H and O–H groups in total. The number of aryl methyl sites for hydroxylation is 1. The van der Waals surface area contributed by atoms with Crippen LogP contribution in [0.15, 0.2) is 36.5 Å². The number of benzene rings is 1. The fourth-order valence-corrected chi connectivity index (χ4v) is 1.77. The van der Waals surface area contributed by atoms with Crippen LogP contribution in [-0.2, 0) is 0 Å². The molecule has 0 spiro atoms. The van der Waals surface area contributed by atoms with Crippen molar-refractivity contribution in [2.24, 2.45) is 5.73 Å². The van der Waals surface area contributed by atoms with E-state index in [0.29, 0.717) is 5.69 Å². The predicted octanol–water partition coefficient (Wildman–Crippen LogP) is 1.93. The number of amides is 1. The molecule has 0 atom stereocenters. The van der Waals surface area contributed by atoms with Crippen LogP contribution >= 0.6 is 12.4 Å². The SMILES string of the molecule is Cc1nn(-c2ccccc2)cc1C(=O)NCC(F)(F)CN.Cl. The van der Waals surface area contributed by atoms with Gasteiger partial charge in [0.1, 0.15) is 0 Å². The minimum absolute atomic E-state index is 0. The van der Waals surface area contributed by atoms with Crippen molar-refractivity contribution in [3.63, 3.8) is 0 Å². The first-order valence-corrected chi connectivity index (χ1v) is 6.41. The van der Waals surface area contributed by atoms with E-state index in [0.717, 1.165) is 5.69 Å². The van der Waals surface area contributed by atoms with Crippen LogP contribution < -0.4 is 11.1 Å². The molecule has 0 saturated carbocycles. The molecule has 5 nitrogen and oxygen atoms in total. The maximum Gasteiger partial charge on any atom is 0.277 e. The Hall–Kier alpha value is -1.99. The molecular weight excluding hydrogens is 314 g/mol. The van der Waals surface area contributed by atoms with E-state index in [9.17, 15) is 13.6 Å². The molecule has 0 bridgehead atoms. The van der Waals surface area contributed by atoms with Gasteiger partial charge in [-0.3, -0.25) is 4.79 Å². The number of nitrogens with two attached hydrogens (primary N) is 1. The van der Waals surface area contributed by atoms with Gasteiger partial charge in [-0.15, -0.1) is 12.4 Å². The zero-order chi connectivity index (χ0) is 15.5. The Balaban J connectivity index is 0.00000242. The number of para-hydroxylation sites is 1. The van der Waals surface area contributed by atoms with Crippen molar-refractivity contribution in [3.05, 3.63) is 47.8 Å². The summed E-state index contributed by atoms with van der Waals surface area (Å²) in [6, 6.07) is 9.21. The number of carbonyl (C=O) groups excluding carboxylic acids is 1. The second-order valence-corrected chi connectivity index (χ2v) is 4.65. The third kappa shape index (κ3) is 4.25. The van der Waals surface area contributed by atoms with Crippen LogP contribution in [0.3, 0.4) is 0 Å². The topological polar surface area (TPSA) is 72.9 Å². The van der Waals surface area contributed by atoms with Crippen LogP contribution in [0.2, 0.25) is 0 Å². The summed E-state index contributed by atoms with van der Waals surface area (Å²) in [7, 11) is 0. The summed E-state index contributed by atoms with van der Waals surface area (Å²) in [6.45, 7) is 0.0449. The normalized spacial score (nSPS) is 10.9. The molecule has 0 aliphatic heterocycles. The summed E-state index contributed by atoms with van der Waals surface area (Å²) < 4.78 is 27.6. The van der Waals surface area contributed by atoms with Gasteiger partial charge in [-0.2, -0.15) is 5.10 Å². The van der Waals surface area contributed by atoms with Gasteiger partial charge >= 0.3 is 0 Å². The van der Waals surface area contributed by atoms with E-state index in [-0.39, 0.29) is 18.0 Å². The third-order valence-corrected chi connectivity index (χ3v) is 2.97. The number of nitrogens with zero attached hydrogens (tertiary/aromatic N) is 2. The maximum atomic E-state index is 13.0. The third-order valence-electron chi connectivity index (χ3n) is 2.97. The number of hydrogen-bond acceptors (Lipinski definition) is 3. The van der Waals surface area contributed by atoms with Gasteiger partial charge in [-0.25, -0.2) is 13.5 Å². The van der Waals surface area contributed by atoms with Gasteiger partial charge in [-0.1, -0.05) is 18.2 Å². The largest absolute Gasteiger partial charge is 0.346 e. The standard InChI is InChI=1S/C14H16F2N4O.ClH/c1-10-12(13(21)18-9-14(15,16)8-17)7-20(19-10)11-5-3-2-4-6-11;/h2-7H,8-9,17H2,1H3,(H,18,21);1H. The van der Waals surface area contributed by atoms with Crippen molar-refractivity contribution in [2.45, 2.75) is 12.8 Å². The predicted molar refractivity (Wildman–Crippen MR) is 81.9 cm³/mol. The van der Waals surface area contributed by atoms with Crippen molar-refractivity contribution < 1.29 is 13.6 Å². The van der Waals surface area contributed by atoms with E-state index in [4.69, 9.17) is 5.73 Å². The molecule has 2 aromatic rings. The Labute approximate surface area is 132 Å². The van der Waals surface area contributed by atoms with Crippen molar-refractivity contribution in [2.75, 3.05) is 13.1 Å². The Morgan fingerprint density at radius 1 is 1.36 bits per heavy atom. The van der Waals surface area contributed by atoms with Crippen LogP contribution in [0.5, 0.6) is 0 Å². The first kappa shape index (κ1) is 18.1. The summed E-state index contributed by atoms with van der Waals surface area (Å²) in [5.74, 6) is -3.71. The molecule has 0 saturated heterocycles. The molecule has 1 heterocycles. The number of halogens is 3. The van der Waals surface area contributed by atoms with Gasteiger partial charge in [0.2, 0.25) is 0 Å². The Bertz CT molecular complexity index is 631. The van der Waals surface area contributed by atoms with Gasteiger partial charge in [0, 0.05) is 6.20 Å². The van der Waals surface area contributed by atoms with Gasteiger partial charge in [0.05, 0.1) is 30.0 Å². The zero-order valence-corrected chi connectivity index (χ0v) is 12.7. The van der Waals surface area contributed by atoms with Crippen LogP contribution in [0.25, 0.3) is 5.69 Å². The molecular formula is C14H17ClF2N4O. The molecule has 1 aromatic carbocycles. The molecule has 0 unspecified atom stereocenters. The minimum atomic E-state index is -3.11. The molecule has 1 amide bonds. The molecule has 2 rings (SSSR count). The van der Waals surface area contributed by atoms with Gasteiger partial charge in [-0.05, 0) is 19.1 Å². The molecule has 0 fully saturated rings. The first-order chi connectivity index (χ1) is 9.93. The van der Waals surface area contributed by atoms with E-state index in [1.54, 1.807) is 6.92 Å².